The predicted octanol–water partition coefficient (Wildman–Crippen LogP) is 2.75. The first kappa shape index (κ1) is 13.4. The van der Waals surface area contributed by atoms with Crippen molar-refractivity contribution in [3.05, 3.63) is 24.3 Å². The van der Waals surface area contributed by atoms with Crippen LogP contribution in [0.15, 0.2) is 24.3 Å². The molecule has 0 aliphatic carbocycles. The number of rotatable bonds is 8. The van der Waals surface area contributed by atoms with Crippen LogP contribution in [0.1, 0.15) is 26.2 Å². The van der Waals surface area contributed by atoms with Crippen molar-refractivity contribution in [2.24, 2.45) is 0 Å². The van der Waals surface area contributed by atoms with Crippen molar-refractivity contribution in [3.63, 3.8) is 0 Å². The van der Waals surface area contributed by atoms with Gasteiger partial charge in [0.25, 0.3) is 0 Å². The summed E-state index contributed by atoms with van der Waals surface area (Å²) in [5.74, 6) is 0.0200. The zero-order valence-corrected chi connectivity index (χ0v) is 10.1. The van der Waals surface area contributed by atoms with E-state index in [1.54, 1.807) is 0 Å². The van der Waals surface area contributed by atoms with Gasteiger partial charge in [-0.1, -0.05) is 19.4 Å². The minimum Gasteiger partial charge on any atom is -0.494 e. The number of hydrogen-bond acceptors (Lipinski definition) is 3. The molecule has 4 heteroatoms. The Hall–Kier alpha value is -1.71. The maximum atomic E-state index is 10.4. The van der Waals surface area contributed by atoms with E-state index in [1.165, 1.54) is 0 Å². The van der Waals surface area contributed by atoms with Gasteiger partial charge in [-0.2, -0.15) is 0 Å². The molecule has 4 nitrogen and oxygen atoms in total. The van der Waals surface area contributed by atoms with Crippen LogP contribution in [-0.2, 0) is 4.79 Å². The second kappa shape index (κ2) is 7.54. The number of anilines is 1. The monoisotopic (exact) mass is 237 g/mol. The molecule has 0 radical (unpaired) electrons. The molecule has 0 bridgehead atoms. The van der Waals surface area contributed by atoms with Crippen molar-refractivity contribution in [3.8, 4) is 5.75 Å². The Balaban J connectivity index is 2.39. The highest BCUT2D eigenvalue weighted by molar-refractivity contribution is 5.67. The summed E-state index contributed by atoms with van der Waals surface area (Å²) in [5, 5.41) is 11.6. The lowest BCUT2D eigenvalue weighted by atomic mass is 10.3. The Morgan fingerprint density at radius 2 is 2.29 bits per heavy atom. The highest BCUT2D eigenvalue weighted by Gasteiger charge is 1.98. The van der Waals surface area contributed by atoms with E-state index in [-0.39, 0.29) is 6.42 Å². The van der Waals surface area contributed by atoms with E-state index in [1.807, 2.05) is 24.3 Å². The first-order valence-corrected chi connectivity index (χ1v) is 5.91. The van der Waals surface area contributed by atoms with E-state index >= 15 is 0 Å². The molecule has 1 aromatic rings. The van der Waals surface area contributed by atoms with Gasteiger partial charge in [-0.25, -0.2) is 0 Å². The average molecular weight is 237 g/mol. The van der Waals surface area contributed by atoms with Gasteiger partial charge in [0.1, 0.15) is 5.75 Å². The van der Waals surface area contributed by atoms with Gasteiger partial charge >= 0.3 is 5.97 Å². The second-order valence-corrected chi connectivity index (χ2v) is 3.80. The molecule has 0 spiro atoms. The predicted molar refractivity (Wildman–Crippen MR) is 67.6 cm³/mol. The molecule has 0 heterocycles. The van der Waals surface area contributed by atoms with Gasteiger partial charge < -0.3 is 15.2 Å². The number of benzene rings is 1. The van der Waals surface area contributed by atoms with E-state index in [0.29, 0.717) is 6.54 Å². The van der Waals surface area contributed by atoms with Crippen LogP contribution < -0.4 is 10.1 Å². The van der Waals surface area contributed by atoms with Gasteiger partial charge in [0.2, 0.25) is 0 Å². The summed E-state index contributed by atoms with van der Waals surface area (Å²) in [7, 11) is 0. The Bertz CT molecular complexity index is 352. The van der Waals surface area contributed by atoms with Crippen LogP contribution in [0, 0.1) is 0 Å². The smallest absolute Gasteiger partial charge is 0.305 e. The van der Waals surface area contributed by atoms with Crippen molar-refractivity contribution in [1.29, 1.82) is 0 Å². The average Bonchev–Trinajstić information content (AvgIpc) is 2.29. The molecular formula is C13H19NO3. The third kappa shape index (κ3) is 5.80. The number of nitrogens with one attached hydrogen (secondary N) is 1. The van der Waals surface area contributed by atoms with E-state index in [4.69, 9.17) is 9.84 Å². The number of hydrogen-bond donors (Lipinski definition) is 2. The maximum absolute atomic E-state index is 10.4. The van der Waals surface area contributed by atoms with Crippen LogP contribution in [0.4, 0.5) is 5.69 Å². The third-order valence-corrected chi connectivity index (χ3v) is 2.27. The fraction of sp³-hybridized carbons (Fsp3) is 0.462. The molecule has 0 aliphatic heterocycles. The van der Waals surface area contributed by atoms with Gasteiger partial charge in [-0.05, 0) is 18.6 Å². The van der Waals surface area contributed by atoms with Gasteiger partial charge in [-0.3, -0.25) is 4.79 Å². The molecule has 0 unspecified atom stereocenters. The van der Waals surface area contributed by atoms with Gasteiger partial charge in [0.05, 0.1) is 13.0 Å². The van der Waals surface area contributed by atoms with E-state index in [9.17, 15) is 4.79 Å². The molecule has 0 amide bonds. The zero-order valence-electron chi connectivity index (χ0n) is 10.1. The van der Waals surface area contributed by atoms with Crippen LogP contribution in [0.5, 0.6) is 5.75 Å². The maximum Gasteiger partial charge on any atom is 0.305 e. The Morgan fingerprint density at radius 1 is 1.47 bits per heavy atom. The normalized spacial score (nSPS) is 9.94. The molecule has 0 saturated heterocycles. The number of aliphatic carboxylic acids is 1. The van der Waals surface area contributed by atoms with Crippen LogP contribution in [0.2, 0.25) is 0 Å². The Kier molecular flexibility index (Phi) is 5.93. The van der Waals surface area contributed by atoms with Crippen molar-refractivity contribution in [2.45, 2.75) is 26.2 Å². The number of unbranched alkanes of at least 4 members (excludes halogenated alkanes) is 1. The van der Waals surface area contributed by atoms with Crippen LogP contribution in [-0.4, -0.2) is 24.2 Å². The lowest BCUT2D eigenvalue weighted by Gasteiger charge is -2.08. The quantitative estimate of drug-likeness (QED) is 0.682. The van der Waals surface area contributed by atoms with Crippen LogP contribution >= 0.6 is 0 Å². The summed E-state index contributed by atoms with van der Waals surface area (Å²) in [4.78, 5) is 10.4. The van der Waals surface area contributed by atoms with Crippen molar-refractivity contribution < 1.29 is 14.6 Å². The lowest BCUT2D eigenvalue weighted by Crippen LogP contribution is -2.07. The van der Waals surface area contributed by atoms with Crippen LogP contribution in [0.3, 0.4) is 0 Å². The number of carbonyl (C=O) groups is 1. The van der Waals surface area contributed by atoms with Gasteiger partial charge in [0, 0.05) is 18.3 Å². The summed E-state index contributed by atoms with van der Waals surface area (Å²) in [6.45, 7) is 3.26. The fourth-order valence-electron chi connectivity index (χ4n) is 1.34. The first-order chi connectivity index (χ1) is 8.22. The zero-order chi connectivity index (χ0) is 12.5. The molecule has 1 rings (SSSR count). The van der Waals surface area contributed by atoms with Crippen molar-refractivity contribution >= 4 is 11.7 Å². The SMILES string of the molecule is CCCCOc1cccc(NCCC(=O)O)c1. The molecule has 0 aliphatic rings. The molecule has 0 atom stereocenters. The highest BCUT2D eigenvalue weighted by atomic mass is 16.5. The number of carboxylic acids is 1. The molecule has 2 N–H and O–H groups in total. The topological polar surface area (TPSA) is 58.6 Å². The Morgan fingerprint density at radius 3 is 3.00 bits per heavy atom. The molecule has 0 fully saturated rings. The largest absolute Gasteiger partial charge is 0.494 e. The summed E-state index contributed by atoms with van der Waals surface area (Å²) in [5.41, 5.74) is 0.889. The first-order valence-electron chi connectivity index (χ1n) is 5.91. The molecule has 0 aromatic heterocycles. The second-order valence-electron chi connectivity index (χ2n) is 3.80. The standard InChI is InChI=1S/C13H19NO3/c1-2-3-9-17-12-6-4-5-11(10-12)14-8-7-13(15)16/h4-6,10,14H,2-3,7-9H2,1H3,(H,15,16). The molecule has 1 aromatic carbocycles. The summed E-state index contributed by atoms with van der Waals surface area (Å²) >= 11 is 0. The summed E-state index contributed by atoms with van der Waals surface area (Å²) < 4.78 is 5.56. The van der Waals surface area contributed by atoms with Gasteiger partial charge in [-0.15, -0.1) is 0 Å². The van der Waals surface area contributed by atoms with E-state index in [2.05, 4.69) is 12.2 Å². The minimum atomic E-state index is -0.798. The molecule has 94 valence electrons. The van der Waals surface area contributed by atoms with E-state index < -0.39 is 5.97 Å². The lowest BCUT2D eigenvalue weighted by molar-refractivity contribution is -0.136. The Labute approximate surface area is 102 Å². The van der Waals surface area contributed by atoms with Crippen molar-refractivity contribution in [2.75, 3.05) is 18.5 Å². The minimum absolute atomic E-state index is 0.112. The third-order valence-electron chi connectivity index (χ3n) is 2.27. The summed E-state index contributed by atoms with van der Waals surface area (Å²) in [6.07, 6.45) is 2.26. The van der Waals surface area contributed by atoms with Gasteiger partial charge in [0.15, 0.2) is 0 Å². The molecular weight excluding hydrogens is 218 g/mol. The fourth-order valence-corrected chi connectivity index (χ4v) is 1.34. The number of carboxylic acid groups (broad SMARTS) is 1. The molecule has 0 saturated carbocycles. The summed E-state index contributed by atoms with van der Waals surface area (Å²) in [6, 6.07) is 7.58. The highest BCUT2D eigenvalue weighted by Crippen LogP contribution is 2.17. The van der Waals surface area contributed by atoms with Crippen molar-refractivity contribution in [1.82, 2.24) is 0 Å². The number of ether oxygens (including phenoxy) is 1. The van der Waals surface area contributed by atoms with Crippen LogP contribution in [0.25, 0.3) is 0 Å². The molecule has 17 heavy (non-hydrogen) atoms. The van der Waals surface area contributed by atoms with E-state index in [0.717, 1.165) is 30.9 Å².